The molecule has 1 fully saturated rings. The number of rotatable bonds is 3. The van der Waals surface area contributed by atoms with Crippen molar-refractivity contribution in [3.05, 3.63) is 39.4 Å². The third kappa shape index (κ3) is 2.57. The zero-order chi connectivity index (χ0) is 15.8. The molecule has 1 aromatic carbocycles. The first-order valence-corrected chi connectivity index (χ1v) is 6.32. The van der Waals surface area contributed by atoms with Crippen molar-refractivity contribution in [2.24, 2.45) is 5.73 Å². The summed E-state index contributed by atoms with van der Waals surface area (Å²) in [5, 5.41) is 20.2. The fourth-order valence-electron chi connectivity index (χ4n) is 2.43. The van der Waals surface area contributed by atoms with Gasteiger partial charge in [-0.15, -0.1) is 0 Å². The average Bonchev–Trinajstić information content (AvgIpc) is 2.81. The summed E-state index contributed by atoms with van der Waals surface area (Å²) >= 11 is 0. The lowest BCUT2D eigenvalue weighted by molar-refractivity contribution is -0.385. The van der Waals surface area contributed by atoms with Crippen molar-refractivity contribution in [3.63, 3.8) is 0 Å². The number of carboxylic acid groups (broad SMARTS) is 1. The van der Waals surface area contributed by atoms with Crippen molar-refractivity contribution in [2.45, 2.75) is 18.9 Å². The van der Waals surface area contributed by atoms with Crippen molar-refractivity contribution < 1.29 is 19.6 Å². The first-order chi connectivity index (χ1) is 9.76. The Morgan fingerprint density at radius 2 is 2.14 bits per heavy atom. The highest BCUT2D eigenvalue weighted by Crippen LogP contribution is 2.27. The summed E-state index contributed by atoms with van der Waals surface area (Å²) in [4.78, 5) is 35.2. The van der Waals surface area contributed by atoms with Gasteiger partial charge < -0.3 is 15.7 Å². The third-order valence-corrected chi connectivity index (χ3v) is 3.66. The van der Waals surface area contributed by atoms with Crippen molar-refractivity contribution in [3.8, 4) is 0 Å². The number of likely N-dealkylation sites (tertiary alicyclic amines) is 1. The number of carbonyl (C=O) groups excluding carboxylic acids is 1. The van der Waals surface area contributed by atoms with Crippen LogP contribution in [0, 0.1) is 17.0 Å². The monoisotopic (exact) mass is 293 g/mol. The number of hydrogen-bond donors (Lipinski definition) is 2. The summed E-state index contributed by atoms with van der Waals surface area (Å²) in [6.45, 7) is 1.54. The van der Waals surface area contributed by atoms with Crippen molar-refractivity contribution in [1.82, 2.24) is 4.90 Å². The lowest BCUT2D eigenvalue weighted by Crippen LogP contribution is -2.50. The maximum absolute atomic E-state index is 12.4. The van der Waals surface area contributed by atoms with E-state index >= 15 is 0 Å². The van der Waals surface area contributed by atoms with Crippen molar-refractivity contribution in [1.29, 1.82) is 0 Å². The van der Waals surface area contributed by atoms with E-state index in [1.165, 1.54) is 11.0 Å². The minimum absolute atomic E-state index is 0.0466. The predicted molar refractivity (Wildman–Crippen MR) is 72.9 cm³/mol. The van der Waals surface area contributed by atoms with Crippen LogP contribution in [0.3, 0.4) is 0 Å². The molecule has 1 atom stereocenters. The second-order valence-corrected chi connectivity index (χ2v) is 5.17. The predicted octanol–water partition coefficient (Wildman–Crippen LogP) is 0.531. The molecule has 1 aliphatic heterocycles. The first-order valence-electron chi connectivity index (χ1n) is 6.32. The maximum atomic E-state index is 12.4. The zero-order valence-corrected chi connectivity index (χ0v) is 11.4. The molecular formula is C13H15N3O5. The number of nitrogens with zero attached hydrogens (tertiary/aromatic N) is 2. The van der Waals surface area contributed by atoms with Crippen LogP contribution in [0.4, 0.5) is 5.69 Å². The summed E-state index contributed by atoms with van der Waals surface area (Å²) in [6, 6.07) is 4.46. The Hall–Kier alpha value is -2.48. The SMILES string of the molecule is Cc1cccc(C(=O)N2CCC(N)(C(=O)O)C2)c1[N+](=O)[O-]. The standard InChI is InChI=1S/C13H15N3O5/c1-8-3-2-4-9(10(8)16(20)21)11(17)15-6-5-13(14,7-15)12(18)19/h2-4H,5-7,14H2,1H3,(H,18,19). The largest absolute Gasteiger partial charge is 0.480 e. The Kier molecular flexibility index (Phi) is 3.65. The van der Waals surface area contributed by atoms with Gasteiger partial charge in [-0.25, -0.2) is 0 Å². The zero-order valence-electron chi connectivity index (χ0n) is 11.4. The van der Waals surface area contributed by atoms with Gasteiger partial charge in [0.15, 0.2) is 0 Å². The van der Waals surface area contributed by atoms with Gasteiger partial charge in [-0.2, -0.15) is 0 Å². The van der Waals surface area contributed by atoms with Gasteiger partial charge in [0.05, 0.1) is 4.92 Å². The fourth-order valence-corrected chi connectivity index (χ4v) is 2.43. The number of carbonyl (C=O) groups is 2. The van der Waals surface area contributed by atoms with Crippen LogP contribution in [0.2, 0.25) is 0 Å². The molecule has 8 heteroatoms. The number of benzene rings is 1. The fraction of sp³-hybridized carbons (Fsp3) is 0.385. The van der Waals surface area contributed by atoms with Gasteiger partial charge in [0.2, 0.25) is 0 Å². The molecule has 8 nitrogen and oxygen atoms in total. The van der Waals surface area contributed by atoms with Gasteiger partial charge in [-0.1, -0.05) is 12.1 Å². The molecule has 0 aliphatic carbocycles. The molecule has 0 radical (unpaired) electrons. The van der Waals surface area contributed by atoms with Gasteiger partial charge in [0, 0.05) is 18.7 Å². The van der Waals surface area contributed by atoms with E-state index in [1.54, 1.807) is 19.1 Å². The van der Waals surface area contributed by atoms with Crippen LogP contribution in [0.5, 0.6) is 0 Å². The van der Waals surface area contributed by atoms with Gasteiger partial charge >= 0.3 is 5.97 Å². The molecule has 2 rings (SSSR count). The molecule has 1 saturated heterocycles. The third-order valence-electron chi connectivity index (χ3n) is 3.66. The van der Waals surface area contributed by atoms with E-state index in [-0.39, 0.29) is 30.8 Å². The highest BCUT2D eigenvalue weighted by Gasteiger charge is 2.44. The molecule has 3 N–H and O–H groups in total. The van der Waals surface area contributed by atoms with Crippen LogP contribution in [0.15, 0.2) is 18.2 Å². The number of aryl methyl sites for hydroxylation is 1. The lowest BCUT2D eigenvalue weighted by atomic mass is 10.0. The number of hydrogen-bond acceptors (Lipinski definition) is 5. The van der Waals surface area contributed by atoms with E-state index < -0.39 is 22.3 Å². The van der Waals surface area contributed by atoms with Crippen molar-refractivity contribution in [2.75, 3.05) is 13.1 Å². The van der Waals surface area contributed by atoms with E-state index in [9.17, 15) is 19.7 Å². The van der Waals surface area contributed by atoms with Crippen LogP contribution in [0.1, 0.15) is 22.3 Å². The summed E-state index contributed by atoms with van der Waals surface area (Å²) in [5.41, 5.74) is 4.29. The number of nitro groups is 1. The van der Waals surface area contributed by atoms with E-state index in [0.717, 1.165) is 0 Å². The molecule has 21 heavy (non-hydrogen) atoms. The number of nitrogens with two attached hydrogens (primary N) is 1. The smallest absolute Gasteiger partial charge is 0.325 e. The van der Waals surface area contributed by atoms with Crippen molar-refractivity contribution >= 4 is 17.6 Å². The molecule has 0 aromatic heterocycles. The van der Waals surface area contributed by atoms with E-state index in [2.05, 4.69) is 0 Å². The molecule has 1 amide bonds. The Balaban J connectivity index is 2.33. The van der Waals surface area contributed by atoms with Gasteiger partial charge in [-0.05, 0) is 19.4 Å². The molecular weight excluding hydrogens is 278 g/mol. The first kappa shape index (κ1) is 14.9. The second-order valence-electron chi connectivity index (χ2n) is 5.17. The Bertz CT molecular complexity index is 630. The van der Waals surface area contributed by atoms with Gasteiger partial charge in [-0.3, -0.25) is 19.7 Å². The Morgan fingerprint density at radius 1 is 1.48 bits per heavy atom. The summed E-state index contributed by atoms with van der Waals surface area (Å²) in [7, 11) is 0. The van der Waals surface area contributed by atoms with E-state index in [1.807, 2.05) is 0 Å². The summed E-state index contributed by atoms with van der Waals surface area (Å²) in [6.07, 6.45) is 0.119. The topological polar surface area (TPSA) is 127 Å². The quantitative estimate of drug-likeness (QED) is 0.618. The minimum Gasteiger partial charge on any atom is -0.480 e. The Labute approximate surface area is 120 Å². The van der Waals surface area contributed by atoms with Crippen LogP contribution in [-0.2, 0) is 4.79 Å². The Morgan fingerprint density at radius 3 is 2.67 bits per heavy atom. The normalized spacial score (nSPS) is 21.3. The van der Waals surface area contributed by atoms with E-state index in [0.29, 0.717) is 5.56 Å². The molecule has 1 aliphatic rings. The van der Waals surface area contributed by atoms with Crippen LogP contribution in [0.25, 0.3) is 0 Å². The molecule has 1 heterocycles. The van der Waals surface area contributed by atoms with Crippen LogP contribution in [-0.4, -0.2) is 45.4 Å². The van der Waals surface area contributed by atoms with Crippen LogP contribution >= 0.6 is 0 Å². The molecule has 0 bridgehead atoms. The molecule has 0 saturated carbocycles. The highest BCUT2D eigenvalue weighted by molar-refractivity contribution is 5.99. The summed E-state index contributed by atoms with van der Waals surface area (Å²) < 4.78 is 0. The summed E-state index contributed by atoms with van der Waals surface area (Å²) in [5.74, 6) is -1.75. The molecule has 1 aromatic rings. The number of nitro benzene ring substituents is 1. The number of carboxylic acids is 1. The van der Waals surface area contributed by atoms with Gasteiger partial charge in [0.1, 0.15) is 11.1 Å². The number of aliphatic carboxylic acids is 1. The maximum Gasteiger partial charge on any atom is 0.325 e. The second kappa shape index (κ2) is 5.13. The lowest BCUT2D eigenvalue weighted by Gasteiger charge is -2.20. The average molecular weight is 293 g/mol. The van der Waals surface area contributed by atoms with E-state index in [4.69, 9.17) is 10.8 Å². The van der Waals surface area contributed by atoms with Crippen LogP contribution < -0.4 is 5.73 Å². The van der Waals surface area contributed by atoms with Gasteiger partial charge in [0.25, 0.3) is 11.6 Å². The molecule has 1 unspecified atom stereocenters. The minimum atomic E-state index is -1.49. The molecule has 112 valence electrons. The number of para-hydroxylation sites is 1. The molecule has 0 spiro atoms. The number of amides is 1. The highest BCUT2D eigenvalue weighted by atomic mass is 16.6.